The standard InChI is InChI=1S/C10H12N5.C2H6.K/c1-2-4-15(5-3-1)10-8-6-13-14-9(8)11-7-12-10;1-2;/h6H,1-5H2,(H,11,12,13,14);1-2H3;/q-1;;+1. The van der Waals surface area contributed by atoms with Crippen LogP contribution in [0.3, 0.4) is 0 Å². The third-order valence-electron chi connectivity index (χ3n) is 2.83. The molecule has 3 heterocycles. The van der Waals surface area contributed by atoms with Crippen molar-refractivity contribution in [2.75, 3.05) is 18.0 Å². The van der Waals surface area contributed by atoms with E-state index in [2.05, 4.69) is 31.4 Å². The number of nitrogens with zero attached hydrogens (tertiary/aromatic N) is 4. The Morgan fingerprint density at radius 1 is 1.17 bits per heavy atom. The zero-order valence-corrected chi connectivity index (χ0v) is 14.5. The Labute approximate surface area is 150 Å². The number of nitrogens with one attached hydrogen (secondary N) is 1. The van der Waals surface area contributed by atoms with E-state index in [0.29, 0.717) is 0 Å². The third-order valence-corrected chi connectivity index (χ3v) is 2.83. The van der Waals surface area contributed by atoms with Gasteiger partial charge in [-0.1, -0.05) is 20.3 Å². The number of fused-ring (bicyclic) bond motifs is 1. The third kappa shape index (κ3) is 3.51. The molecule has 18 heavy (non-hydrogen) atoms. The van der Waals surface area contributed by atoms with E-state index in [1.807, 2.05) is 13.8 Å². The minimum atomic E-state index is 0. The van der Waals surface area contributed by atoms with Crippen molar-refractivity contribution in [1.82, 2.24) is 20.2 Å². The fourth-order valence-electron chi connectivity index (χ4n) is 2.06. The van der Waals surface area contributed by atoms with Crippen molar-refractivity contribution in [2.24, 2.45) is 0 Å². The maximum Gasteiger partial charge on any atom is 1.00 e. The van der Waals surface area contributed by atoms with Crippen molar-refractivity contribution in [1.29, 1.82) is 0 Å². The van der Waals surface area contributed by atoms with Gasteiger partial charge in [-0.2, -0.15) is 5.10 Å². The minimum absolute atomic E-state index is 0. The minimum Gasteiger partial charge on any atom is -0.408 e. The van der Waals surface area contributed by atoms with Gasteiger partial charge in [-0.05, 0) is 18.2 Å². The van der Waals surface area contributed by atoms with Crippen molar-refractivity contribution >= 4 is 16.9 Å². The Balaban J connectivity index is 0.000000516. The normalized spacial score (nSPS) is 14.7. The number of H-pyrrole nitrogens is 1. The molecular weight excluding hydrogens is 253 g/mol. The number of hydrogen-bond donors (Lipinski definition) is 1. The van der Waals surface area contributed by atoms with Gasteiger partial charge in [-0.15, -0.1) is 0 Å². The van der Waals surface area contributed by atoms with Crippen LogP contribution in [0.4, 0.5) is 5.82 Å². The predicted molar refractivity (Wildman–Crippen MR) is 67.9 cm³/mol. The summed E-state index contributed by atoms with van der Waals surface area (Å²) in [7, 11) is 0. The molecule has 92 valence electrons. The van der Waals surface area contributed by atoms with Gasteiger partial charge in [0.15, 0.2) is 0 Å². The molecule has 0 bridgehead atoms. The largest absolute Gasteiger partial charge is 1.00 e. The maximum absolute atomic E-state index is 4.23. The Morgan fingerprint density at radius 2 is 1.89 bits per heavy atom. The molecule has 1 fully saturated rings. The molecule has 0 aromatic carbocycles. The first-order valence-corrected chi connectivity index (χ1v) is 6.27. The predicted octanol–water partition coefficient (Wildman–Crippen LogP) is -0.826. The second kappa shape index (κ2) is 8.22. The van der Waals surface area contributed by atoms with Crippen LogP contribution in [0.25, 0.3) is 11.0 Å². The van der Waals surface area contributed by atoms with E-state index in [9.17, 15) is 0 Å². The van der Waals surface area contributed by atoms with Crippen LogP contribution in [0.2, 0.25) is 0 Å². The maximum atomic E-state index is 4.23. The summed E-state index contributed by atoms with van der Waals surface area (Å²) in [6.07, 6.45) is 8.26. The van der Waals surface area contributed by atoms with Crippen molar-refractivity contribution in [3.05, 3.63) is 12.5 Å². The Bertz CT molecular complexity index is 464. The molecule has 0 aliphatic carbocycles. The average Bonchev–Trinajstić information content (AvgIpc) is 2.90. The van der Waals surface area contributed by atoms with Crippen LogP contribution >= 0.6 is 0 Å². The number of rotatable bonds is 1. The monoisotopic (exact) mass is 271 g/mol. The van der Waals surface area contributed by atoms with Crippen LogP contribution in [0.1, 0.15) is 33.1 Å². The Morgan fingerprint density at radius 3 is 2.61 bits per heavy atom. The van der Waals surface area contributed by atoms with Gasteiger partial charge >= 0.3 is 51.4 Å². The molecule has 1 aliphatic rings. The van der Waals surface area contributed by atoms with Crippen molar-refractivity contribution in [3.8, 4) is 0 Å². The van der Waals surface area contributed by atoms with Gasteiger partial charge in [0.05, 0.1) is 0 Å². The first kappa shape index (κ1) is 16.0. The zero-order valence-electron chi connectivity index (χ0n) is 11.4. The fourth-order valence-corrected chi connectivity index (χ4v) is 2.06. The summed E-state index contributed by atoms with van der Waals surface area (Å²) in [4.78, 5) is 10.5. The summed E-state index contributed by atoms with van der Waals surface area (Å²) in [5, 5.41) is 7.82. The van der Waals surface area contributed by atoms with Crippen molar-refractivity contribution < 1.29 is 51.4 Å². The van der Waals surface area contributed by atoms with E-state index in [0.717, 1.165) is 29.9 Å². The molecule has 3 rings (SSSR count). The van der Waals surface area contributed by atoms with Crippen molar-refractivity contribution in [3.63, 3.8) is 0 Å². The van der Waals surface area contributed by atoms with Gasteiger partial charge < -0.3 is 20.0 Å². The number of piperidine rings is 1. The second-order valence-corrected chi connectivity index (χ2v) is 3.83. The Hall–Kier alpha value is -0.0136. The summed E-state index contributed by atoms with van der Waals surface area (Å²) in [5.41, 5.74) is 0.769. The zero-order chi connectivity index (χ0) is 12.1. The fraction of sp³-hybridized carbons (Fsp3) is 0.583. The molecule has 5 nitrogen and oxygen atoms in total. The molecular formula is C12H18KN5. The molecule has 1 aliphatic heterocycles. The van der Waals surface area contributed by atoms with Crippen LogP contribution in [0, 0.1) is 6.33 Å². The molecule has 0 saturated carbocycles. The molecule has 0 unspecified atom stereocenters. The van der Waals surface area contributed by atoms with Crippen LogP contribution in [-0.2, 0) is 0 Å². The van der Waals surface area contributed by atoms with E-state index >= 15 is 0 Å². The quantitative estimate of drug-likeness (QED) is 0.543. The van der Waals surface area contributed by atoms with Crippen LogP contribution in [0.5, 0.6) is 0 Å². The van der Waals surface area contributed by atoms with Gasteiger partial charge in [-0.25, -0.2) is 0 Å². The van der Waals surface area contributed by atoms with E-state index in [4.69, 9.17) is 0 Å². The molecule has 1 saturated heterocycles. The smallest absolute Gasteiger partial charge is 0.408 e. The molecule has 2 aromatic heterocycles. The molecule has 0 radical (unpaired) electrons. The molecule has 0 spiro atoms. The number of hydrogen-bond acceptors (Lipinski definition) is 4. The molecule has 0 atom stereocenters. The van der Waals surface area contributed by atoms with Crippen molar-refractivity contribution in [2.45, 2.75) is 33.1 Å². The average molecular weight is 271 g/mol. The summed E-state index contributed by atoms with van der Waals surface area (Å²) >= 11 is 0. The molecule has 6 heteroatoms. The van der Waals surface area contributed by atoms with E-state index in [1.54, 1.807) is 6.20 Å². The van der Waals surface area contributed by atoms with E-state index in [-0.39, 0.29) is 51.4 Å². The topological polar surface area (TPSA) is 57.7 Å². The van der Waals surface area contributed by atoms with Crippen LogP contribution in [0.15, 0.2) is 6.20 Å². The summed E-state index contributed by atoms with van der Waals surface area (Å²) in [6.45, 7) is 6.15. The Kier molecular flexibility index (Phi) is 7.32. The molecule has 1 N–H and O–H groups in total. The van der Waals surface area contributed by atoms with Crippen LogP contribution < -0.4 is 56.3 Å². The SMILES string of the molecule is CC.[K+].[c-]1nc(N2CCCCC2)c2cn[nH]c2n1. The number of anilines is 1. The first-order chi connectivity index (χ1) is 8.45. The second-order valence-electron chi connectivity index (χ2n) is 3.83. The molecule has 2 aromatic rings. The van der Waals surface area contributed by atoms with Crippen LogP contribution in [-0.4, -0.2) is 33.3 Å². The molecule has 0 amide bonds. The summed E-state index contributed by atoms with van der Waals surface area (Å²) < 4.78 is 0. The number of aromatic amines is 1. The van der Waals surface area contributed by atoms with E-state index in [1.165, 1.54) is 19.3 Å². The van der Waals surface area contributed by atoms with Gasteiger partial charge in [0.25, 0.3) is 0 Å². The van der Waals surface area contributed by atoms with Gasteiger partial charge in [0.1, 0.15) is 0 Å². The first-order valence-electron chi connectivity index (χ1n) is 6.27. The number of aromatic nitrogens is 4. The van der Waals surface area contributed by atoms with Gasteiger partial charge in [0.2, 0.25) is 0 Å². The summed E-state index contributed by atoms with van der Waals surface area (Å²) in [5.74, 6) is 0.966. The summed E-state index contributed by atoms with van der Waals surface area (Å²) in [6, 6.07) is 0. The van der Waals surface area contributed by atoms with E-state index < -0.39 is 0 Å². The van der Waals surface area contributed by atoms with Gasteiger partial charge in [0, 0.05) is 37.1 Å². The van der Waals surface area contributed by atoms with Gasteiger partial charge in [-0.3, -0.25) is 0 Å².